The second-order valence-corrected chi connectivity index (χ2v) is 22.3. The van der Waals surface area contributed by atoms with Crippen molar-refractivity contribution in [3.8, 4) is 44.5 Å². The van der Waals surface area contributed by atoms with Crippen LogP contribution >= 0.6 is 11.3 Å². The van der Waals surface area contributed by atoms with Gasteiger partial charge in [0.15, 0.2) is 0 Å². The van der Waals surface area contributed by atoms with E-state index >= 15 is 0 Å². The minimum absolute atomic E-state index is 0.0591. The Balaban J connectivity index is 1.10. The molecule has 0 fully saturated rings. The van der Waals surface area contributed by atoms with Gasteiger partial charge in [0.2, 0.25) is 0 Å². The second kappa shape index (κ2) is 15.5. The molecule has 0 unspecified atom stereocenters. The minimum atomic E-state index is 0.0591. The maximum atomic E-state index is 2.47. The topological polar surface area (TPSA) is 0 Å². The van der Waals surface area contributed by atoms with E-state index in [9.17, 15) is 0 Å². The monoisotopic (exact) mass is 900 g/mol. The molecular formula is C68H52S. The Labute approximate surface area is 408 Å². The van der Waals surface area contributed by atoms with Gasteiger partial charge in [0.25, 0.3) is 0 Å². The van der Waals surface area contributed by atoms with Gasteiger partial charge >= 0.3 is 0 Å². The summed E-state index contributed by atoms with van der Waals surface area (Å²) in [5, 5.41) is 18.2. The first-order valence-corrected chi connectivity index (χ1v) is 25.2. The van der Waals surface area contributed by atoms with E-state index in [1.54, 1.807) is 0 Å². The fraction of sp³-hybridized carbons (Fsp3) is 0.118. The first-order chi connectivity index (χ1) is 33.5. The molecule has 1 heteroatoms. The van der Waals surface area contributed by atoms with E-state index in [2.05, 4.69) is 248 Å². The number of rotatable bonds is 4. The third kappa shape index (κ3) is 6.78. The summed E-state index contributed by atoms with van der Waals surface area (Å²) in [6.07, 6.45) is 0. The summed E-state index contributed by atoms with van der Waals surface area (Å²) in [7, 11) is 0. The number of fused-ring (bicyclic) bond motifs is 15. The van der Waals surface area contributed by atoms with Crippen LogP contribution in [0.4, 0.5) is 0 Å². The molecule has 69 heavy (non-hydrogen) atoms. The number of hydrogen-bond donors (Lipinski definition) is 0. The smallest absolute Gasteiger partial charge is 0.0434 e. The Kier molecular flexibility index (Phi) is 9.33. The molecule has 0 atom stereocenters. The van der Waals surface area contributed by atoms with Gasteiger partial charge in [-0.2, -0.15) is 0 Å². The van der Waals surface area contributed by atoms with Gasteiger partial charge in [-0.05, 0) is 169 Å². The summed E-state index contributed by atoms with van der Waals surface area (Å²) < 4.78 is 2.62. The van der Waals surface area contributed by atoms with Crippen molar-refractivity contribution in [2.24, 2.45) is 0 Å². The van der Waals surface area contributed by atoms with Crippen LogP contribution in [0.5, 0.6) is 0 Å². The summed E-state index contributed by atoms with van der Waals surface area (Å²) in [5.74, 6) is 0. The van der Waals surface area contributed by atoms with E-state index in [4.69, 9.17) is 0 Å². The quantitative estimate of drug-likeness (QED) is 0.154. The molecule has 0 aliphatic rings. The van der Waals surface area contributed by atoms with Gasteiger partial charge in [0, 0.05) is 31.3 Å². The van der Waals surface area contributed by atoms with E-state index in [1.807, 2.05) is 11.3 Å². The van der Waals surface area contributed by atoms with Gasteiger partial charge in [0.1, 0.15) is 0 Å². The Bertz CT molecular complexity index is 3920. The highest BCUT2D eigenvalue weighted by Crippen LogP contribution is 2.49. The van der Waals surface area contributed by atoms with Crippen LogP contribution in [-0.2, 0) is 10.8 Å². The molecule has 0 bridgehead atoms. The van der Waals surface area contributed by atoms with Gasteiger partial charge in [-0.25, -0.2) is 0 Å². The zero-order valence-electron chi connectivity index (χ0n) is 40.0. The van der Waals surface area contributed by atoms with Gasteiger partial charge in [-0.15, -0.1) is 11.3 Å². The average Bonchev–Trinajstić information content (AvgIpc) is 3.76. The van der Waals surface area contributed by atoms with Crippen molar-refractivity contribution in [1.29, 1.82) is 0 Å². The molecule has 0 saturated heterocycles. The van der Waals surface area contributed by atoms with Gasteiger partial charge in [0.05, 0.1) is 0 Å². The first-order valence-electron chi connectivity index (χ1n) is 24.4. The molecule has 1 aromatic heterocycles. The molecule has 13 rings (SSSR count). The molecule has 0 radical (unpaired) electrons. The van der Waals surface area contributed by atoms with Crippen molar-refractivity contribution in [1.82, 2.24) is 0 Å². The highest BCUT2D eigenvalue weighted by molar-refractivity contribution is 7.27. The Hall–Kier alpha value is -7.58. The summed E-state index contributed by atoms with van der Waals surface area (Å²) in [4.78, 5) is 0. The molecule has 0 N–H and O–H groups in total. The molecular weight excluding hydrogens is 849 g/mol. The molecule has 0 aliphatic carbocycles. The van der Waals surface area contributed by atoms with Crippen LogP contribution in [0.3, 0.4) is 0 Å². The van der Waals surface area contributed by atoms with Crippen molar-refractivity contribution in [3.05, 3.63) is 217 Å². The molecule has 330 valence electrons. The Morgan fingerprint density at radius 2 is 0.536 bits per heavy atom. The second-order valence-electron chi connectivity index (χ2n) is 21.3. The van der Waals surface area contributed by atoms with Crippen LogP contribution in [0.1, 0.15) is 52.7 Å². The molecule has 12 aromatic carbocycles. The lowest BCUT2D eigenvalue weighted by molar-refractivity contribution is 0.591. The number of hydrogen-bond acceptors (Lipinski definition) is 1. The maximum absolute atomic E-state index is 2.47. The van der Waals surface area contributed by atoms with Gasteiger partial charge in [-0.3, -0.25) is 0 Å². The third-order valence-electron chi connectivity index (χ3n) is 14.9. The zero-order valence-corrected chi connectivity index (χ0v) is 40.9. The summed E-state index contributed by atoms with van der Waals surface area (Å²) in [5.41, 5.74) is 12.7. The summed E-state index contributed by atoms with van der Waals surface area (Å²) in [6.45, 7) is 13.8. The van der Waals surface area contributed by atoms with E-state index in [1.165, 1.54) is 140 Å². The van der Waals surface area contributed by atoms with Gasteiger partial charge < -0.3 is 0 Å². The van der Waals surface area contributed by atoms with Crippen molar-refractivity contribution in [2.75, 3.05) is 0 Å². The van der Waals surface area contributed by atoms with Crippen LogP contribution in [-0.4, -0.2) is 0 Å². The fourth-order valence-corrected chi connectivity index (χ4v) is 12.5. The van der Waals surface area contributed by atoms with Crippen molar-refractivity contribution in [2.45, 2.75) is 52.4 Å². The third-order valence-corrected chi connectivity index (χ3v) is 16.2. The lowest BCUT2D eigenvalue weighted by Crippen LogP contribution is -2.10. The predicted octanol–water partition coefficient (Wildman–Crippen LogP) is 20.2. The van der Waals surface area contributed by atoms with Crippen molar-refractivity contribution in [3.63, 3.8) is 0 Å². The van der Waals surface area contributed by atoms with Crippen molar-refractivity contribution < 1.29 is 0 Å². The molecule has 0 nitrogen and oxygen atoms in total. The minimum Gasteiger partial charge on any atom is -0.134 e. The molecule has 0 saturated carbocycles. The van der Waals surface area contributed by atoms with E-state index < -0.39 is 0 Å². The normalized spacial score (nSPS) is 12.5. The van der Waals surface area contributed by atoms with E-state index in [0.717, 1.165) is 0 Å². The summed E-state index contributed by atoms with van der Waals surface area (Å²) in [6, 6.07) is 78.4. The maximum Gasteiger partial charge on any atom is 0.0434 e. The molecule has 0 spiro atoms. The van der Waals surface area contributed by atoms with Crippen LogP contribution < -0.4 is 0 Å². The SMILES string of the molecule is CC(C)(C)c1ccc2c3ccc(-c4cc(-c5ccccc5)cc5c4sc4c(-c6ccc7c8ccc(C(C)(C)C)cc8c8ccccc8c7c6)cc(-c6ccccc6)cc45)cc3c3ccccc3c2c1. The van der Waals surface area contributed by atoms with Crippen LogP contribution in [0.25, 0.3) is 129 Å². The zero-order chi connectivity index (χ0) is 46.8. The first kappa shape index (κ1) is 41.6. The van der Waals surface area contributed by atoms with Crippen LogP contribution in [0, 0.1) is 0 Å². The predicted molar refractivity (Wildman–Crippen MR) is 304 cm³/mol. The molecule has 0 aliphatic heterocycles. The lowest BCUT2D eigenvalue weighted by Gasteiger charge is -2.21. The van der Waals surface area contributed by atoms with Gasteiger partial charge in [-0.1, -0.05) is 199 Å². The summed E-state index contributed by atoms with van der Waals surface area (Å²) >= 11 is 1.94. The number of thiophene rings is 1. The Morgan fingerprint density at radius 1 is 0.232 bits per heavy atom. The molecule has 1 heterocycles. The number of benzene rings is 12. The van der Waals surface area contributed by atoms with E-state index in [-0.39, 0.29) is 10.8 Å². The molecule has 13 aromatic rings. The highest BCUT2D eigenvalue weighted by atomic mass is 32.1. The standard InChI is InChI=1S/C68H52S/c1-67(2,3)47-27-31-55-53-29-25-43(33-59(53)49-21-13-15-23-51(49)61(55)39-47)57-35-45(41-17-9-7-10-18-41)37-63-64-38-46(42-19-11-8-12-20-42)36-58(66(64)69-65(57)63)44-26-30-54-56-32-28-48(68(4,5)6)40-62(56)52-24-16-14-22-50(52)60(54)34-44/h7-40H,1-6H3. The fourth-order valence-electron chi connectivity index (χ4n) is 11.2. The highest BCUT2D eigenvalue weighted by Gasteiger charge is 2.22. The van der Waals surface area contributed by atoms with Crippen LogP contribution in [0.15, 0.2) is 206 Å². The van der Waals surface area contributed by atoms with Crippen LogP contribution in [0.2, 0.25) is 0 Å². The van der Waals surface area contributed by atoms with E-state index in [0.29, 0.717) is 0 Å². The lowest BCUT2D eigenvalue weighted by atomic mass is 9.84. The Morgan fingerprint density at radius 3 is 0.899 bits per heavy atom. The van der Waals surface area contributed by atoms with Crippen molar-refractivity contribution >= 4 is 96.1 Å². The largest absolute Gasteiger partial charge is 0.134 e. The average molecular weight is 901 g/mol. The molecule has 0 amide bonds.